The molecule has 8 aliphatic rings. The van der Waals surface area contributed by atoms with Crippen LogP contribution in [0.25, 0.3) is 55.1 Å². The molecule has 7 aliphatic heterocycles. The van der Waals surface area contributed by atoms with Gasteiger partial charge in [-0.1, -0.05) is 73.2 Å². The number of hydrogen-bond acceptors (Lipinski definition) is 14. The number of carbonyl (C=O) groups is 4. The van der Waals surface area contributed by atoms with Crippen LogP contribution in [0, 0.1) is 11.8 Å². The standard InChI is InChI=1S/C39H45N5O4.C34H40BNO4.C13H19IN2O2.4H2S/c1-38(2,3)47-36(45)43-17-7-9-33(43)31-22-29-21-27(15-16-30(29)41-31)24-11-12-26-20-28(14-13-25(26)19-24)32-23-40-35(42-32)34-10-8-18-44(34)37(46)48-39(4,5)6;1-32(2,3)38-31(37)28-10-8-9-27(28)30-20-25-18-23(14-16-29(25)36-30)21-11-12-24-19-26(15-13-22(24)17-21)35-39-33(4,5)34(6,7)40-35;1-13(2,3)18-12(17)16-6-4-5-11(16)10-7-9(14)8-15-10;;;;/h11-16,19-21,23,33-34H,7-10,17-18,22H2,1-6H3,(H,40,42);11-19,27-28H,8-10,20H2,1-7H3;8,11H,4-7H2,1-3H3;4*1H2/t33-,34-;27-,28?;11-;;;;/m010..../s1. The normalized spacial score (nSPS) is 20.9. The van der Waals surface area contributed by atoms with Crippen molar-refractivity contribution >= 4 is 163 Å². The molecule has 1 aliphatic carbocycles. The van der Waals surface area contributed by atoms with Crippen LogP contribution in [-0.2, 0) is 45.9 Å². The number of aromatic nitrogens is 2. The number of aliphatic imine (C=N–C) groups is 3. The number of nitrogens with zero attached hydrogens (tertiary/aromatic N) is 7. The number of benzene rings is 6. The predicted octanol–water partition coefficient (Wildman–Crippen LogP) is 20.1. The molecule has 6 aromatic carbocycles. The van der Waals surface area contributed by atoms with Crippen LogP contribution in [-0.4, -0.2) is 138 Å². The summed E-state index contributed by atoms with van der Waals surface area (Å²) >= 11 is 2.29. The highest BCUT2D eigenvalue weighted by Crippen LogP contribution is 2.44. The van der Waals surface area contributed by atoms with Crippen LogP contribution >= 0.6 is 76.6 Å². The number of likely N-dealkylation sites (tertiary alicyclic amines) is 3. The molecule has 590 valence electrons. The molecular weight excluding hydrogens is 1570 g/mol. The lowest BCUT2D eigenvalue weighted by atomic mass is 9.78. The van der Waals surface area contributed by atoms with Crippen molar-refractivity contribution in [3.8, 4) is 33.5 Å². The van der Waals surface area contributed by atoms with E-state index in [1.54, 1.807) is 4.90 Å². The van der Waals surface area contributed by atoms with Crippen LogP contribution in [0.1, 0.15) is 198 Å². The number of ether oxygens (including phenoxy) is 4. The fourth-order valence-corrected chi connectivity index (χ4v) is 16.1. The van der Waals surface area contributed by atoms with Crippen LogP contribution in [0.3, 0.4) is 0 Å². The number of aromatic amines is 1. The van der Waals surface area contributed by atoms with Crippen molar-refractivity contribution in [2.45, 2.75) is 240 Å². The van der Waals surface area contributed by atoms with Crippen molar-refractivity contribution in [3.63, 3.8) is 0 Å². The summed E-state index contributed by atoms with van der Waals surface area (Å²) < 4.78 is 36.3. The molecule has 1 N–H and O–H groups in total. The van der Waals surface area contributed by atoms with Gasteiger partial charge in [-0.15, -0.1) is 0 Å². The Morgan fingerprint density at radius 3 is 1.39 bits per heavy atom. The van der Waals surface area contributed by atoms with Crippen molar-refractivity contribution < 1.29 is 47.4 Å². The molecule has 7 aromatic rings. The summed E-state index contributed by atoms with van der Waals surface area (Å²) in [6, 6.07) is 39.1. The van der Waals surface area contributed by atoms with Gasteiger partial charge in [-0.3, -0.25) is 34.5 Å². The number of hydrogen-bond donors (Lipinski definition) is 1. The number of fused-ring (bicyclic) bond motifs is 4. The van der Waals surface area contributed by atoms with E-state index in [4.69, 9.17) is 38.2 Å². The molecule has 5 atom stereocenters. The van der Waals surface area contributed by atoms with Crippen molar-refractivity contribution in [3.05, 3.63) is 142 Å². The van der Waals surface area contributed by atoms with Gasteiger partial charge in [0.15, 0.2) is 0 Å². The molecule has 1 saturated carbocycles. The fourth-order valence-electron chi connectivity index (χ4n) is 15.6. The zero-order valence-electron chi connectivity index (χ0n) is 66.7. The van der Waals surface area contributed by atoms with Crippen molar-refractivity contribution in [1.82, 2.24) is 24.7 Å². The molecule has 24 heteroatoms. The summed E-state index contributed by atoms with van der Waals surface area (Å²) in [6.07, 6.45) is 14.0. The van der Waals surface area contributed by atoms with E-state index in [1.165, 1.54) is 31.2 Å². The zero-order valence-corrected chi connectivity index (χ0v) is 72.9. The van der Waals surface area contributed by atoms with Gasteiger partial charge in [-0.05, 0) is 288 Å². The van der Waals surface area contributed by atoms with E-state index in [9.17, 15) is 19.2 Å². The number of halogens is 1. The van der Waals surface area contributed by atoms with Crippen LogP contribution in [0.5, 0.6) is 0 Å². The van der Waals surface area contributed by atoms with Gasteiger partial charge in [0.1, 0.15) is 28.2 Å². The zero-order chi connectivity index (χ0) is 75.6. The molecule has 0 radical (unpaired) electrons. The van der Waals surface area contributed by atoms with E-state index in [2.05, 4.69) is 174 Å². The first kappa shape index (κ1) is 87.2. The minimum atomic E-state index is -0.538. The van der Waals surface area contributed by atoms with E-state index in [1.807, 2.05) is 105 Å². The highest BCUT2D eigenvalue weighted by atomic mass is 127. The van der Waals surface area contributed by atoms with Gasteiger partial charge in [0.2, 0.25) is 0 Å². The van der Waals surface area contributed by atoms with Crippen LogP contribution in [0.15, 0.2) is 140 Å². The minimum absolute atomic E-state index is 0. The van der Waals surface area contributed by atoms with Gasteiger partial charge in [0.05, 0.1) is 58.5 Å². The Labute approximate surface area is 692 Å². The Bertz CT molecular complexity index is 4690. The molecule has 4 saturated heterocycles. The van der Waals surface area contributed by atoms with Crippen molar-refractivity contribution in [2.24, 2.45) is 26.8 Å². The van der Waals surface area contributed by atoms with E-state index in [-0.39, 0.29) is 127 Å². The lowest BCUT2D eigenvalue weighted by Gasteiger charge is -2.32. The van der Waals surface area contributed by atoms with Crippen molar-refractivity contribution in [1.29, 1.82) is 0 Å². The molecule has 1 aromatic heterocycles. The third-order valence-electron chi connectivity index (χ3n) is 21.3. The molecule has 3 amide bonds. The topological polar surface area (TPSA) is 199 Å². The number of esters is 1. The van der Waals surface area contributed by atoms with Crippen molar-refractivity contribution in [2.75, 3.05) is 19.6 Å². The highest BCUT2D eigenvalue weighted by molar-refractivity contribution is 14.1. The summed E-state index contributed by atoms with van der Waals surface area (Å²) in [5, 5.41) is 4.64. The number of amides is 3. The maximum Gasteiger partial charge on any atom is 0.494 e. The smallest absolute Gasteiger partial charge is 0.460 e. The number of rotatable bonds is 9. The number of imidazole rings is 1. The van der Waals surface area contributed by atoms with E-state index in [0.29, 0.717) is 13.1 Å². The molecule has 5 fully saturated rings. The maximum absolute atomic E-state index is 12.9. The molecule has 0 spiro atoms. The lowest BCUT2D eigenvalue weighted by molar-refractivity contribution is -0.160. The fraction of sp³-hybridized carbons (Fsp3) is 0.488. The summed E-state index contributed by atoms with van der Waals surface area (Å²) in [5.74, 6) is 0.795. The Balaban J connectivity index is 0.000000203. The second kappa shape index (κ2) is 34.5. The van der Waals surface area contributed by atoms with Gasteiger partial charge in [-0.25, -0.2) is 19.4 Å². The van der Waals surface area contributed by atoms with Crippen LogP contribution < -0.4 is 5.46 Å². The second-order valence-electron chi connectivity index (χ2n) is 34.7. The van der Waals surface area contributed by atoms with Gasteiger partial charge >= 0.3 is 31.4 Å². The average Bonchev–Trinajstić information content (AvgIpc) is 1.60. The number of H-pyrrole nitrogens is 1. The number of allylic oxidation sites excluding steroid dienone is 1. The van der Waals surface area contributed by atoms with E-state index in [0.717, 1.165) is 162 Å². The molecular formula is C86H112BIN8O10S4. The summed E-state index contributed by atoms with van der Waals surface area (Å²) in [6.45, 7) is 33.3. The number of carbonyl (C=O) groups excluding carboxylic acids is 4. The molecule has 15 rings (SSSR count). The van der Waals surface area contributed by atoms with Crippen LogP contribution in [0.4, 0.5) is 25.8 Å². The molecule has 0 bridgehead atoms. The third kappa shape index (κ3) is 20.2. The Kier molecular flexibility index (Phi) is 27.3. The molecule has 110 heavy (non-hydrogen) atoms. The summed E-state index contributed by atoms with van der Waals surface area (Å²) in [7, 11) is -0.366. The highest BCUT2D eigenvalue weighted by Gasteiger charge is 2.52. The maximum atomic E-state index is 12.9. The lowest BCUT2D eigenvalue weighted by Crippen LogP contribution is -2.43. The monoisotopic (exact) mass is 1680 g/mol. The molecule has 8 heterocycles. The SMILES string of the molecule is CC(C)(C)OC(=O)C1CCC[C@H]1C1=Nc2ccc(-c3ccc4cc(B5OC(C)(C)C(C)(C)O5)ccc4c3)cc2C1.CC(C)(C)OC(=O)N1CCC[C@H]1C1=NC=C(I)C1.CC(C)(C)OC(=O)N1CCC[C@H]1C1=Nc2ccc(-c3ccc4cc(-c5cnc([C@@H]6CCCN6C(=O)OC(C)(C)C)[nH]5)ccc4c3)cc2C1.S.S.S.S. The predicted molar refractivity (Wildman–Crippen MR) is 473 cm³/mol. The Morgan fingerprint density at radius 1 is 0.482 bits per heavy atom. The first-order valence-corrected chi connectivity index (χ1v) is 39.1. The van der Waals surface area contributed by atoms with E-state index >= 15 is 0 Å². The van der Waals surface area contributed by atoms with Gasteiger partial charge in [-0.2, -0.15) is 54.0 Å². The van der Waals surface area contributed by atoms with Gasteiger partial charge in [0, 0.05) is 77.3 Å². The Morgan fingerprint density at radius 2 is 0.900 bits per heavy atom. The van der Waals surface area contributed by atoms with Crippen LogP contribution in [0.2, 0.25) is 0 Å². The largest absolute Gasteiger partial charge is 0.494 e. The van der Waals surface area contributed by atoms with Gasteiger partial charge < -0.3 is 33.2 Å². The number of nitrogens with one attached hydrogen (secondary N) is 1. The first-order valence-electron chi connectivity index (χ1n) is 38.0. The molecule has 1 unspecified atom stereocenters. The second-order valence-corrected chi connectivity index (χ2v) is 36.0. The summed E-state index contributed by atoms with van der Waals surface area (Å²) in [4.78, 5) is 78.8. The van der Waals surface area contributed by atoms with Gasteiger partial charge in [0.25, 0.3) is 0 Å². The Hall–Kier alpha value is -6.81. The molecule has 18 nitrogen and oxygen atoms in total. The first-order chi connectivity index (χ1) is 50.0. The quantitative estimate of drug-likeness (QED) is 0.0624. The summed E-state index contributed by atoms with van der Waals surface area (Å²) in [5.41, 5.74) is 12.7. The minimum Gasteiger partial charge on any atom is -0.460 e. The van der Waals surface area contributed by atoms with E-state index < -0.39 is 22.4 Å². The third-order valence-corrected chi connectivity index (χ3v) is 22.0. The average molecular weight is 1680 g/mol.